The number of nitrogens with one attached hydrogen (secondary N) is 1. The van der Waals surface area contributed by atoms with Crippen LogP contribution < -0.4 is 0 Å². The summed E-state index contributed by atoms with van der Waals surface area (Å²) >= 11 is 0. The lowest BCUT2D eigenvalue weighted by atomic mass is 10.0. The molecule has 0 radical (unpaired) electrons. The normalized spacial score (nSPS) is 23.3. The van der Waals surface area contributed by atoms with Crippen LogP contribution in [-0.4, -0.2) is 53.6 Å². The van der Waals surface area contributed by atoms with Gasteiger partial charge in [0.1, 0.15) is 0 Å². The molecular weight excluding hydrogens is 280 g/mol. The molecule has 4 rings (SSSR count). The van der Waals surface area contributed by atoms with E-state index in [2.05, 4.69) is 16.0 Å². The second-order valence-electron chi connectivity index (χ2n) is 6.25. The van der Waals surface area contributed by atoms with Gasteiger partial charge in [-0.2, -0.15) is 0 Å². The molecule has 2 saturated heterocycles. The topological polar surface area (TPSA) is 57.7 Å². The summed E-state index contributed by atoms with van der Waals surface area (Å²) in [5.74, 6) is -0.343. The first-order valence-electron chi connectivity index (χ1n) is 8.00. The van der Waals surface area contributed by atoms with Crippen molar-refractivity contribution in [1.82, 2.24) is 9.88 Å². The van der Waals surface area contributed by atoms with Gasteiger partial charge in [0.2, 0.25) is 0 Å². The fourth-order valence-corrected chi connectivity index (χ4v) is 3.48. The van der Waals surface area contributed by atoms with Gasteiger partial charge in [-0.15, -0.1) is 0 Å². The van der Waals surface area contributed by atoms with E-state index in [1.54, 1.807) is 0 Å². The molecule has 22 heavy (non-hydrogen) atoms. The van der Waals surface area contributed by atoms with E-state index in [1.807, 2.05) is 24.4 Å². The van der Waals surface area contributed by atoms with Crippen molar-refractivity contribution in [2.45, 2.75) is 24.7 Å². The van der Waals surface area contributed by atoms with Crippen molar-refractivity contribution in [3.8, 4) is 0 Å². The summed E-state index contributed by atoms with van der Waals surface area (Å²) in [6, 6.07) is 8.14. The molecule has 0 bridgehead atoms. The maximum Gasteiger partial charge on any atom is 0.170 e. The van der Waals surface area contributed by atoms with Crippen molar-refractivity contribution in [3.05, 3.63) is 36.0 Å². The molecule has 0 unspecified atom stereocenters. The number of rotatable bonds is 3. The van der Waals surface area contributed by atoms with Crippen molar-refractivity contribution < 1.29 is 14.6 Å². The molecular formula is C17H22N2O3. The predicted molar refractivity (Wildman–Crippen MR) is 83.6 cm³/mol. The molecule has 0 aliphatic carbocycles. The summed E-state index contributed by atoms with van der Waals surface area (Å²) in [6.45, 7) is 3.88. The van der Waals surface area contributed by atoms with Crippen LogP contribution in [-0.2, 0) is 9.47 Å². The lowest BCUT2D eigenvalue weighted by Crippen LogP contribution is -2.46. The van der Waals surface area contributed by atoms with Gasteiger partial charge in [-0.25, -0.2) is 0 Å². The zero-order valence-corrected chi connectivity index (χ0v) is 12.6. The molecule has 1 atom stereocenters. The van der Waals surface area contributed by atoms with Crippen molar-refractivity contribution in [3.63, 3.8) is 0 Å². The maximum atomic E-state index is 10.5. The van der Waals surface area contributed by atoms with Gasteiger partial charge in [0.15, 0.2) is 5.79 Å². The van der Waals surface area contributed by atoms with Crippen LogP contribution in [0.3, 0.4) is 0 Å². The Hall–Kier alpha value is -1.40. The monoisotopic (exact) mass is 302 g/mol. The number of hydrogen-bond acceptors (Lipinski definition) is 4. The molecule has 0 saturated carbocycles. The van der Waals surface area contributed by atoms with Crippen LogP contribution >= 0.6 is 0 Å². The summed E-state index contributed by atoms with van der Waals surface area (Å²) in [6.07, 6.45) is 3.23. The number of piperidine rings is 1. The standard InChI is InChI=1S/C17H22N2O3/c20-16(14-2-1-13-3-6-18-15(13)11-14)12-19-7-4-17(5-8-19)21-9-10-22-17/h1-3,6,11,16,18,20H,4-5,7-10,12H2/t16-/m1/s1. The summed E-state index contributed by atoms with van der Waals surface area (Å²) in [4.78, 5) is 5.49. The Morgan fingerprint density at radius 1 is 1.18 bits per heavy atom. The number of fused-ring (bicyclic) bond motifs is 1. The van der Waals surface area contributed by atoms with Crippen LogP contribution in [0.2, 0.25) is 0 Å². The van der Waals surface area contributed by atoms with E-state index in [0.717, 1.165) is 37.0 Å². The van der Waals surface area contributed by atoms with E-state index in [4.69, 9.17) is 9.47 Å². The number of benzene rings is 1. The Morgan fingerprint density at radius 3 is 2.73 bits per heavy atom. The van der Waals surface area contributed by atoms with E-state index < -0.39 is 6.10 Å². The van der Waals surface area contributed by atoms with Crippen LogP contribution in [0.15, 0.2) is 30.5 Å². The Labute approximate surface area is 129 Å². The maximum absolute atomic E-state index is 10.5. The lowest BCUT2D eigenvalue weighted by molar-refractivity contribution is -0.186. The number of aromatic nitrogens is 1. The SMILES string of the molecule is O[C@H](CN1CCC2(CC1)OCCO2)c1ccc2cc[nH]c2c1. The number of ether oxygens (including phenoxy) is 2. The molecule has 3 heterocycles. The van der Waals surface area contributed by atoms with Crippen LogP contribution in [0.1, 0.15) is 24.5 Å². The first-order chi connectivity index (χ1) is 10.7. The second kappa shape index (κ2) is 5.66. The molecule has 2 aliphatic heterocycles. The first kappa shape index (κ1) is 14.2. The number of aromatic amines is 1. The quantitative estimate of drug-likeness (QED) is 0.911. The Morgan fingerprint density at radius 2 is 1.95 bits per heavy atom. The molecule has 1 spiro atoms. The van der Waals surface area contributed by atoms with E-state index in [9.17, 15) is 5.11 Å². The third-order valence-electron chi connectivity index (χ3n) is 4.83. The van der Waals surface area contributed by atoms with Gasteiger partial charge in [0.05, 0.1) is 19.3 Å². The largest absolute Gasteiger partial charge is 0.387 e. The summed E-state index contributed by atoms with van der Waals surface area (Å²) in [5, 5.41) is 11.7. The van der Waals surface area contributed by atoms with Crippen LogP contribution in [0.4, 0.5) is 0 Å². The third-order valence-corrected chi connectivity index (χ3v) is 4.83. The number of likely N-dealkylation sites (tertiary alicyclic amines) is 1. The number of aliphatic hydroxyl groups excluding tert-OH is 1. The van der Waals surface area contributed by atoms with E-state index in [1.165, 1.54) is 5.39 Å². The van der Waals surface area contributed by atoms with Crippen molar-refractivity contribution in [1.29, 1.82) is 0 Å². The molecule has 0 amide bonds. The number of aliphatic hydroxyl groups is 1. The smallest absolute Gasteiger partial charge is 0.170 e. The number of β-amino-alcohol motifs (C(OH)–C–C–N with tert-alkyl or cyclic N) is 1. The number of nitrogens with zero attached hydrogens (tertiary/aromatic N) is 1. The molecule has 1 aromatic heterocycles. The third kappa shape index (κ3) is 2.65. The zero-order valence-electron chi connectivity index (χ0n) is 12.6. The number of hydrogen-bond donors (Lipinski definition) is 2. The van der Waals surface area contributed by atoms with E-state index in [0.29, 0.717) is 19.8 Å². The minimum absolute atomic E-state index is 0.343. The Bertz CT molecular complexity index is 638. The van der Waals surface area contributed by atoms with Gasteiger partial charge < -0.3 is 24.5 Å². The first-order valence-corrected chi connectivity index (χ1v) is 8.00. The van der Waals surface area contributed by atoms with Gasteiger partial charge in [0, 0.05) is 44.2 Å². The van der Waals surface area contributed by atoms with E-state index >= 15 is 0 Å². The molecule has 5 nitrogen and oxygen atoms in total. The fourth-order valence-electron chi connectivity index (χ4n) is 3.48. The van der Waals surface area contributed by atoms with Gasteiger partial charge in [0.25, 0.3) is 0 Å². The van der Waals surface area contributed by atoms with Gasteiger partial charge in [-0.05, 0) is 23.1 Å². The predicted octanol–water partition coefficient (Wildman–Crippen LogP) is 2.04. The summed E-state index contributed by atoms with van der Waals surface area (Å²) in [5.41, 5.74) is 2.03. The lowest BCUT2D eigenvalue weighted by Gasteiger charge is -2.38. The second-order valence-corrected chi connectivity index (χ2v) is 6.25. The van der Waals surface area contributed by atoms with Gasteiger partial charge >= 0.3 is 0 Å². The van der Waals surface area contributed by atoms with Crippen molar-refractivity contribution >= 4 is 10.9 Å². The molecule has 118 valence electrons. The van der Waals surface area contributed by atoms with Crippen LogP contribution in [0.5, 0.6) is 0 Å². The number of H-pyrrole nitrogens is 1. The zero-order chi connectivity index (χ0) is 15.0. The average molecular weight is 302 g/mol. The molecule has 2 aromatic rings. The molecule has 2 aliphatic rings. The summed E-state index contributed by atoms with van der Waals surface area (Å²) in [7, 11) is 0. The highest BCUT2D eigenvalue weighted by molar-refractivity contribution is 5.79. The minimum atomic E-state index is -0.466. The average Bonchev–Trinajstić information content (AvgIpc) is 3.18. The van der Waals surface area contributed by atoms with Gasteiger partial charge in [-0.3, -0.25) is 0 Å². The molecule has 2 N–H and O–H groups in total. The Kier molecular flexibility index (Phi) is 3.66. The molecule has 1 aromatic carbocycles. The van der Waals surface area contributed by atoms with Crippen molar-refractivity contribution in [2.75, 3.05) is 32.8 Å². The van der Waals surface area contributed by atoms with Gasteiger partial charge in [-0.1, -0.05) is 12.1 Å². The highest BCUT2D eigenvalue weighted by atomic mass is 16.7. The minimum Gasteiger partial charge on any atom is -0.387 e. The molecule has 5 heteroatoms. The van der Waals surface area contributed by atoms with Crippen LogP contribution in [0.25, 0.3) is 10.9 Å². The Balaban J connectivity index is 1.38. The van der Waals surface area contributed by atoms with Crippen LogP contribution in [0, 0.1) is 0 Å². The summed E-state index contributed by atoms with van der Waals surface area (Å²) < 4.78 is 11.5. The highest BCUT2D eigenvalue weighted by Gasteiger charge is 2.39. The van der Waals surface area contributed by atoms with E-state index in [-0.39, 0.29) is 5.79 Å². The molecule has 2 fully saturated rings. The van der Waals surface area contributed by atoms with Crippen molar-refractivity contribution in [2.24, 2.45) is 0 Å². The fraction of sp³-hybridized carbons (Fsp3) is 0.529. The highest BCUT2D eigenvalue weighted by Crippen LogP contribution is 2.32.